The van der Waals surface area contributed by atoms with Crippen molar-refractivity contribution in [2.75, 3.05) is 12.3 Å². The van der Waals surface area contributed by atoms with E-state index in [0.717, 1.165) is 32.1 Å². The van der Waals surface area contributed by atoms with Crippen molar-refractivity contribution in [3.8, 4) is 0 Å². The van der Waals surface area contributed by atoms with Crippen LogP contribution in [-0.2, 0) is 16.6 Å². The predicted octanol–water partition coefficient (Wildman–Crippen LogP) is 1.44. The van der Waals surface area contributed by atoms with E-state index in [2.05, 4.69) is 5.10 Å². The van der Waals surface area contributed by atoms with Gasteiger partial charge < -0.3 is 5.73 Å². The number of aryl methyl sites for hydroxylation is 1. The molecule has 112 valence electrons. The van der Waals surface area contributed by atoms with Crippen LogP contribution in [0.2, 0.25) is 0 Å². The maximum atomic E-state index is 12.8. The molecule has 0 bridgehead atoms. The highest BCUT2D eigenvalue weighted by molar-refractivity contribution is 7.89. The maximum absolute atomic E-state index is 12.8. The third-order valence-electron chi connectivity index (χ3n) is 3.88. The van der Waals surface area contributed by atoms with Gasteiger partial charge in [-0.2, -0.15) is 9.40 Å². The van der Waals surface area contributed by atoms with Gasteiger partial charge in [-0.25, -0.2) is 8.42 Å². The molecule has 0 spiro atoms. The normalized spacial score (nSPS) is 19.7. The van der Waals surface area contributed by atoms with Crippen LogP contribution in [0.4, 0.5) is 5.82 Å². The molecule has 2 saturated carbocycles. The summed E-state index contributed by atoms with van der Waals surface area (Å²) in [5, 5.41) is 4.11. The molecule has 0 amide bonds. The van der Waals surface area contributed by atoms with Crippen LogP contribution < -0.4 is 5.73 Å². The Kier molecular flexibility index (Phi) is 3.50. The summed E-state index contributed by atoms with van der Waals surface area (Å²) in [5.74, 6) is 0.664. The quantitative estimate of drug-likeness (QED) is 0.826. The molecule has 0 aliphatic heterocycles. The number of nitrogens with zero attached hydrogens (tertiary/aromatic N) is 3. The van der Waals surface area contributed by atoms with Crippen molar-refractivity contribution in [2.45, 2.75) is 56.5 Å². The van der Waals surface area contributed by atoms with E-state index in [-0.39, 0.29) is 16.8 Å². The summed E-state index contributed by atoms with van der Waals surface area (Å²) in [6.07, 6.45) is 6.70. The highest BCUT2D eigenvalue weighted by Gasteiger charge is 2.42. The van der Waals surface area contributed by atoms with E-state index in [1.54, 1.807) is 15.2 Å². The molecule has 7 heteroatoms. The van der Waals surface area contributed by atoms with E-state index in [1.807, 2.05) is 6.92 Å². The Labute approximate surface area is 120 Å². The average Bonchev–Trinajstić information content (AvgIpc) is 3.27. The zero-order chi connectivity index (χ0) is 14.3. The second-order valence-corrected chi connectivity index (χ2v) is 7.75. The second kappa shape index (κ2) is 5.04. The summed E-state index contributed by atoms with van der Waals surface area (Å²) in [4.78, 5) is 0.179. The number of aromatic nitrogens is 2. The van der Waals surface area contributed by atoms with Gasteiger partial charge in [0.1, 0.15) is 4.90 Å². The molecule has 0 aromatic carbocycles. The average molecular weight is 298 g/mol. The fourth-order valence-electron chi connectivity index (χ4n) is 2.45. The Morgan fingerprint density at radius 2 is 2.10 bits per heavy atom. The summed E-state index contributed by atoms with van der Waals surface area (Å²) >= 11 is 0. The number of nitrogen functional groups attached to an aromatic ring is 1. The van der Waals surface area contributed by atoms with Gasteiger partial charge in [0.15, 0.2) is 5.82 Å². The van der Waals surface area contributed by atoms with Crippen LogP contribution in [0.25, 0.3) is 0 Å². The van der Waals surface area contributed by atoms with E-state index in [0.29, 0.717) is 19.0 Å². The number of hydrogen-bond acceptors (Lipinski definition) is 4. The first-order chi connectivity index (χ1) is 9.52. The number of anilines is 1. The lowest BCUT2D eigenvalue weighted by atomic mass is 10.4. The first kappa shape index (κ1) is 13.9. The summed E-state index contributed by atoms with van der Waals surface area (Å²) < 4.78 is 28.9. The fraction of sp³-hybridized carbons (Fsp3) is 0.769. The van der Waals surface area contributed by atoms with Gasteiger partial charge in [-0.05, 0) is 38.0 Å². The van der Waals surface area contributed by atoms with E-state index >= 15 is 0 Å². The van der Waals surface area contributed by atoms with E-state index in [4.69, 9.17) is 5.73 Å². The molecule has 6 nitrogen and oxygen atoms in total. The SMILES string of the molecule is CCCn1cc(S(=O)(=O)N(CC2CC2)C2CC2)c(N)n1. The Morgan fingerprint density at radius 3 is 2.65 bits per heavy atom. The molecule has 1 aromatic rings. The van der Waals surface area contributed by atoms with Gasteiger partial charge >= 0.3 is 0 Å². The minimum atomic E-state index is -3.50. The minimum absolute atomic E-state index is 0.125. The van der Waals surface area contributed by atoms with Crippen LogP contribution in [0.15, 0.2) is 11.1 Å². The summed E-state index contributed by atoms with van der Waals surface area (Å²) in [6, 6.07) is 0.175. The Hall–Kier alpha value is -1.08. The van der Waals surface area contributed by atoms with Crippen molar-refractivity contribution < 1.29 is 8.42 Å². The number of hydrogen-bond donors (Lipinski definition) is 1. The molecule has 0 saturated heterocycles. The van der Waals surface area contributed by atoms with Crippen LogP contribution in [0.1, 0.15) is 39.0 Å². The highest BCUT2D eigenvalue weighted by atomic mass is 32.2. The van der Waals surface area contributed by atoms with Crippen LogP contribution in [0.3, 0.4) is 0 Å². The van der Waals surface area contributed by atoms with Crippen LogP contribution >= 0.6 is 0 Å². The fourth-order valence-corrected chi connectivity index (χ4v) is 4.27. The third kappa shape index (κ3) is 2.69. The number of nitrogens with two attached hydrogens (primary N) is 1. The summed E-state index contributed by atoms with van der Waals surface area (Å²) in [7, 11) is -3.50. The zero-order valence-electron chi connectivity index (χ0n) is 11.8. The molecule has 2 aliphatic carbocycles. The second-order valence-electron chi connectivity index (χ2n) is 5.89. The van der Waals surface area contributed by atoms with Gasteiger partial charge in [-0.3, -0.25) is 4.68 Å². The van der Waals surface area contributed by atoms with Crippen LogP contribution in [0.5, 0.6) is 0 Å². The Morgan fingerprint density at radius 1 is 1.40 bits per heavy atom. The molecule has 3 rings (SSSR count). The van der Waals surface area contributed by atoms with Crippen LogP contribution in [0, 0.1) is 5.92 Å². The molecule has 2 N–H and O–H groups in total. The van der Waals surface area contributed by atoms with E-state index in [9.17, 15) is 8.42 Å². The van der Waals surface area contributed by atoms with Gasteiger partial charge in [-0.15, -0.1) is 0 Å². The number of rotatable bonds is 7. The molecular formula is C13H22N4O2S. The lowest BCUT2D eigenvalue weighted by molar-refractivity contribution is 0.389. The molecule has 2 fully saturated rings. The molecular weight excluding hydrogens is 276 g/mol. The topological polar surface area (TPSA) is 81.2 Å². The van der Waals surface area contributed by atoms with E-state index < -0.39 is 10.0 Å². The monoisotopic (exact) mass is 298 g/mol. The van der Waals surface area contributed by atoms with Crippen LogP contribution in [-0.4, -0.2) is 35.1 Å². The molecule has 0 atom stereocenters. The third-order valence-corrected chi connectivity index (χ3v) is 5.82. The van der Waals surface area contributed by atoms with Crippen molar-refractivity contribution in [1.82, 2.24) is 14.1 Å². The molecule has 0 unspecified atom stereocenters. The predicted molar refractivity (Wildman–Crippen MR) is 76.6 cm³/mol. The minimum Gasteiger partial charge on any atom is -0.381 e. The Balaban J connectivity index is 1.88. The molecule has 1 heterocycles. The van der Waals surface area contributed by atoms with Gasteiger partial charge in [0.05, 0.1) is 0 Å². The molecule has 2 aliphatic rings. The maximum Gasteiger partial charge on any atom is 0.248 e. The molecule has 1 aromatic heterocycles. The molecule has 0 radical (unpaired) electrons. The standard InChI is InChI=1S/C13H22N4O2S/c1-2-7-16-9-12(13(14)15-16)20(18,19)17(11-5-6-11)8-10-3-4-10/h9-11H,2-8H2,1H3,(H2,14,15). The Bertz CT molecular complexity index is 588. The summed E-state index contributed by atoms with van der Waals surface area (Å²) in [6.45, 7) is 3.35. The highest BCUT2D eigenvalue weighted by Crippen LogP contribution is 2.38. The summed E-state index contributed by atoms with van der Waals surface area (Å²) in [5.41, 5.74) is 5.82. The van der Waals surface area contributed by atoms with Crippen molar-refractivity contribution in [3.05, 3.63) is 6.20 Å². The van der Waals surface area contributed by atoms with Gasteiger partial charge in [0.2, 0.25) is 10.0 Å². The van der Waals surface area contributed by atoms with Crippen molar-refractivity contribution in [1.29, 1.82) is 0 Å². The smallest absolute Gasteiger partial charge is 0.248 e. The van der Waals surface area contributed by atoms with Crippen molar-refractivity contribution in [3.63, 3.8) is 0 Å². The largest absolute Gasteiger partial charge is 0.381 e. The number of sulfonamides is 1. The van der Waals surface area contributed by atoms with Gasteiger partial charge in [0, 0.05) is 25.3 Å². The lowest BCUT2D eigenvalue weighted by Gasteiger charge is -2.21. The lowest BCUT2D eigenvalue weighted by Crippen LogP contribution is -2.35. The first-order valence-corrected chi connectivity index (χ1v) is 8.81. The van der Waals surface area contributed by atoms with Crippen molar-refractivity contribution in [2.24, 2.45) is 5.92 Å². The van der Waals surface area contributed by atoms with Gasteiger partial charge in [0.25, 0.3) is 0 Å². The first-order valence-electron chi connectivity index (χ1n) is 7.37. The zero-order valence-corrected chi connectivity index (χ0v) is 12.6. The van der Waals surface area contributed by atoms with E-state index in [1.165, 1.54) is 0 Å². The molecule has 20 heavy (non-hydrogen) atoms. The van der Waals surface area contributed by atoms with Gasteiger partial charge in [-0.1, -0.05) is 6.92 Å². The van der Waals surface area contributed by atoms with Crippen molar-refractivity contribution >= 4 is 15.8 Å².